The number of halogens is 1. The van der Waals surface area contributed by atoms with Gasteiger partial charge in [-0.05, 0) is 94.0 Å². The highest BCUT2D eigenvalue weighted by Gasteiger charge is 2.50. The van der Waals surface area contributed by atoms with E-state index in [4.69, 9.17) is 26.1 Å². The number of fused-ring (bicyclic) bond motifs is 1. The van der Waals surface area contributed by atoms with Gasteiger partial charge in [0, 0.05) is 57.7 Å². The van der Waals surface area contributed by atoms with Crippen molar-refractivity contribution in [1.29, 1.82) is 0 Å². The van der Waals surface area contributed by atoms with Gasteiger partial charge in [0.25, 0.3) is 0 Å². The monoisotopic (exact) mass is 619 g/mol. The Morgan fingerprint density at radius 3 is 2.58 bits per heavy atom. The van der Waals surface area contributed by atoms with Gasteiger partial charge in [0.15, 0.2) is 0 Å². The maximum Gasteiger partial charge on any atom is 0.410 e. The number of benzene rings is 2. The zero-order valence-electron chi connectivity index (χ0n) is 25.2. The van der Waals surface area contributed by atoms with Crippen LogP contribution in [0.15, 0.2) is 77.8 Å². The molecule has 3 unspecified atom stereocenters. The van der Waals surface area contributed by atoms with E-state index >= 15 is 0 Å². The van der Waals surface area contributed by atoms with Gasteiger partial charge in [-0.15, -0.1) is 11.8 Å². The van der Waals surface area contributed by atoms with Gasteiger partial charge in [0.05, 0.1) is 18.2 Å². The Kier molecular flexibility index (Phi) is 9.20. The second kappa shape index (κ2) is 12.7. The maximum absolute atomic E-state index is 13.2. The molecule has 2 aromatic heterocycles. The largest absolute Gasteiger partial charge is 0.481 e. The molecule has 3 heterocycles. The summed E-state index contributed by atoms with van der Waals surface area (Å²) < 4.78 is 11.6. The van der Waals surface area contributed by atoms with Gasteiger partial charge in [-0.3, -0.25) is 4.98 Å². The van der Waals surface area contributed by atoms with Gasteiger partial charge in [-0.2, -0.15) is 0 Å². The van der Waals surface area contributed by atoms with Gasteiger partial charge >= 0.3 is 6.09 Å². The summed E-state index contributed by atoms with van der Waals surface area (Å²) in [5, 5.41) is 14.6. The third-order valence-corrected chi connectivity index (χ3v) is 8.96. The van der Waals surface area contributed by atoms with Crippen molar-refractivity contribution in [3.8, 4) is 5.88 Å². The average Bonchev–Trinajstić information content (AvgIpc) is 2.98. The summed E-state index contributed by atoms with van der Waals surface area (Å²) >= 11 is 7.99. The van der Waals surface area contributed by atoms with Gasteiger partial charge in [0.2, 0.25) is 5.88 Å². The normalized spacial score (nSPS) is 19.7. The molecule has 2 aromatic carbocycles. The SMILES string of the molecule is COc1nc2ccc(SC)cc2cc1C(c1ccc(Cl)cc1)C1(O)CCN(C(=O)OC(C)(C)C)CC1Cc1ccccn1. The second-order valence-electron chi connectivity index (χ2n) is 12.0. The van der Waals surface area contributed by atoms with Gasteiger partial charge in [-0.25, -0.2) is 9.78 Å². The highest BCUT2D eigenvalue weighted by atomic mass is 35.5. The van der Waals surface area contributed by atoms with Gasteiger partial charge < -0.3 is 19.5 Å². The van der Waals surface area contributed by atoms with E-state index in [1.165, 1.54) is 0 Å². The highest BCUT2D eigenvalue weighted by Crippen LogP contribution is 2.48. The zero-order valence-corrected chi connectivity index (χ0v) is 26.8. The minimum Gasteiger partial charge on any atom is -0.481 e. The molecule has 1 aliphatic rings. The molecule has 1 N–H and O–H groups in total. The van der Waals surface area contributed by atoms with Crippen LogP contribution < -0.4 is 4.74 Å². The van der Waals surface area contributed by atoms with Crippen molar-refractivity contribution < 1.29 is 19.4 Å². The van der Waals surface area contributed by atoms with Crippen LogP contribution in [0.2, 0.25) is 5.02 Å². The fourth-order valence-electron chi connectivity index (χ4n) is 5.96. The number of rotatable bonds is 7. The Morgan fingerprint density at radius 2 is 1.93 bits per heavy atom. The average molecular weight is 620 g/mol. The van der Waals surface area contributed by atoms with E-state index in [0.717, 1.165) is 32.6 Å². The number of ether oxygens (including phenoxy) is 2. The second-order valence-corrected chi connectivity index (χ2v) is 13.3. The maximum atomic E-state index is 13.2. The number of likely N-dealkylation sites (tertiary alicyclic amines) is 1. The summed E-state index contributed by atoms with van der Waals surface area (Å²) in [6.07, 6.45) is 4.17. The molecule has 0 aliphatic carbocycles. The number of hydrogen-bond acceptors (Lipinski definition) is 7. The van der Waals surface area contributed by atoms with Gasteiger partial charge in [-0.1, -0.05) is 29.8 Å². The Bertz CT molecular complexity index is 1580. The first kappa shape index (κ1) is 31.1. The van der Waals surface area contributed by atoms with Crippen molar-refractivity contribution in [2.24, 2.45) is 5.92 Å². The summed E-state index contributed by atoms with van der Waals surface area (Å²) in [5.74, 6) is -0.477. The van der Waals surface area contributed by atoms with Crippen LogP contribution in [0.3, 0.4) is 0 Å². The van der Waals surface area contributed by atoms with Crippen LogP contribution in [-0.2, 0) is 11.2 Å². The van der Waals surface area contributed by atoms with Crippen LogP contribution in [0, 0.1) is 5.92 Å². The van der Waals surface area contributed by atoms with Crippen molar-refractivity contribution in [1.82, 2.24) is 14.9 Å². The van der Waals surface area contributed by atoms with Crippen molar-refractivity contribution in [2.45, 2.75) is 55.6 Å². The number of aliphatic hydroxyl groups is 1. The molecule has 5 rings (SSSR count). The van der Waals surface area contributed by atoms with Crippen LogP contribution >= 0.6 is 23.4 Å². The molecular weight excluding hydrogens is 582 g/mol. The molecule has 0 spiro atoms. The first-order chi connectivity index (χ1) is 20.5. The molecule has 0 saturated carbocycles. The predicted octanol–water partition coefficient (Wildman–Crippen LogP) is 7.38. The van der Waals surface area contributed by atoms with E-state index in [-0.39, 0.29) is 5.92 Å². The molecule has 9 heteroatoms. The van der Waals surface area contributed by atoms with Crippen molar-refractivity contribution in [2.75, 3.05) is 26.5 Å². The highest BCUT2D eigenvalue weighted by molar-refractivity contribution is 7.98. The number of aromatic nitrogens is 2. The molecule has 1 aliphatic heterocycles. The van der Waals surface area contributed by atoms with Crippen LogP contribution in [-0.4, -0.2) is 63.7 Å². The lowest BCUT2D eigenvalue weighted by molar-refractivity contribution is -0.0847. The standard InChI is InChI=1S/C34H38ClN3O4S/c1-33(2,3)42-32(39)38-17-15-34(40,24(21-38)20-26-8-6-7-16-36-26)30(22-9-11-25(35)12-10-22)28-19-23-18-27(43-5)13-14-29(23)37-31(28)41-4/h6-14,16,18-19,24,30,40H,15,17,20-21H2,1-5H3. The molecule has 43 heavy (non-hydrogen) atoms. The van der Waals surface area contributed by atoms with Gasteiger partial charge in [0.1, 0.15) is 5.60 Å². The number of nitrogens with zero attached hydrogens (tertiary/aromatic N) is 3. The number of piperidine rings is 1. The van der Waals surface area contributed by atoms with Crippen molar-refractivity contribution >= 4 is 40.4 Å². The first-order valence-electron chi connectivity index (χ1n) is 14.4. The quantitative estimate of drug-likeness (QED) is 0.216. The summed E-state index contributed by atoms with van der Waals surface area (Å²) in [5.41, 5.74) is 1.36. The van der Waals surface area contributed by atoms with Crippen LogP contribution in [0.25, 0.3) is 10.9 Å². The number of pyridine rings is 2. The smallest absolute Gasteiger partial charge is 0.410 e. The number of carbonyl (C=O) groups is 1. The number of methoxy groups -OCH3 is 1. The third kappa shape index (κ3) is 6.92. The number of hydrogen-bond donors (Lipinski definition) is 1. The summed E-state index contributed by atoms with van der Waals surface area (Å²) in [7, 11) is 1.60. The Hall–Kier alpha value is -3.33. The van der Waals surface area contributed by atoms with Crippen molar-refractivity contribution in [3.05, 3.63) is 94.8 Å². The Morgan fingerprint density at radius 1 is 1.16 bits per heavy atom. The minimum atomic E-state index is -1.30. The van der Waals surface area contributed by atoms with Crippen LogP contribution in [0.5, 0.6) is 5.88 Å². The molecule has 1 amide bonds. The zero-order chi connectivity index (χ0) is 30.8. The fourth-order valence-corrected chi connectivity index (χ4v) is 6.54. The third-order valence-electron chi connectivity index (χ3n) is 7.99. The van der Waals surface area contributed by atoms with E-state index in [1.807, 2.05) is 81.6 Å². The molecule has 3 atom stereocenters. The Labute approximate surface area is 262 Å². The number of carbonyl (C=O) groups excluding carboxylic acids is 1. The summed E-state index contributed by atoms with van der Waals surface area (Å²) in [6, 6.07) is 21.5. The number of thioether (sulfide) groups is 1. The molecule has 0 bridgehead atoms. The summed E-state index contributed by atoms with van der Waals surface area (Å²) in [4.78, 5) is 25.5. The number of amides is 1. The predicted molar refractivity (Wildman–Crippen MR) is 172 cm³/mol. The lowest BCUT2D eigenvalue weighted by Gasteiger charge is -2.49. The van der Waals surface area contributed by atoms with Crippen molar-refractivity contribution in [3.63, 3.8) is 0 Å². The van der Waals surface area contributed by atoms with E-state index < -0.39 is 23.2 Å². The Balaban J connectivity index is 1.67. The van der Waals surface area contributed by atoms with E-state index in [1.54, 1.807) is 30.0 Å². The van der Waals surface area contributed by atoms with Crippen LogP contribution in [0.4, 0.5) is 4.79 Å². The van der Waals surface area contributed by atoms with E-state index in [2.05, 4.69) is 17.1 Å². The molecular formula is C34H38ClN3O4S. The molecule has 7 nitrogen and oxygen atoms in total. The van der Waals surface area contributed by atoms with Crippen LogP contribution in [0.1, 0.15) is 49.9 Å². The molecule has 226 valence electrons. The topological polar surface area (TPSA) is 84.8 Å². The van der Waals surface area contributed by atoms with E-state index in [0.29, 0.717) is 36.8 Å². The molecule has 1 fully saturated rings. The lowest BCUT2D eigenvalue weighted by atomic mass is 9.66. The first-order valence-corrected chi connectivity index (χ1v) is 16.0. The molecule has 0 radical (unpaired) electrons. The van der Waals surface area contributed by atoms with E-state index in [9.17, 15) is 9.90 Å². The lowest BCUT2D eigenvalue weighted by Crippen LogP contribution is -2.57. The summed E-state index contributed by atoms with van der Waals surface area (Å²) in [6.45, 7) is 6.19. The molecule has 1 saturated heterocycles. The molecule has 4 aromatic rings. The fraction of sp³-hybridized carbons (Fsp3) is 0.382. The minimum absolute atomic E-state index is 0.298.